The molecule has 3 rings (SSSR count). The predicted molar refractivity (Wildman–Crippen MR) is 101 cm³/mol. The van der Waals surface area contributed by atoms with Gasteiger partial charge in [-0.25, -0.2) is 4.98 Å². The molecule has 24 heavy (non-hydrogen) atoms. The standard InChI is InChI=1S/C19H23ClN4/c1-14-13-18(21-12-11-15-5-3-2-4-6-15)24-19(22-14)23-17-9-7-16(20)8-10-17/h5,7-10,13H,2-4,6,11-12H2,1H3,(H2,21,22,23,24). The van der Waals surface area contributed by atoms with Crippen LogP contribution >= 0.6 is 11.6 Å². The van der Waals surface area contributed by atoms with E-state index in [1.165, 1.54) is 25.7 Å². The summed E-state index contributed by atoms with van der Waals surface area (Å²) in [5, 5.41) is 7.35. The Labute approximate surface area is 148 Å². The molecule has 1 aliphatic carbocycles. The molecule has 5 heteroatoms. The van der Waals surface area contributed by atoms with E-state index < -0.39 is 0 Å². The van der Waals surface area contributed by atoms with Crippen molar-refractivity contribution in [2.45, 2.75) is 39.0 Å². The maximum absolute atomic E-state index is 5.91. The highest BCUT2D eigenvalue weighted by Crippen LogP contribution is 2.21. The fourth-order valence-electron chi connectivity index (χ4n) is 2.86. The Kier molecular flexibility index (Phi) is 5.70. The molecule has 0 saturated carbocycles. The number of hydrogen-bond acceptors (Lipinski definition) is 4. The van der Waals surface area contributed by atoms with Crippen LogP contribution in [0.5, 0.6) is 0 Å². The van der Waals surface area contributed by atoms with E-state index >= 15 is 0 Å². The lowest BCUT2D eigenvalue weighted by Crippen LogP contribution is -2.08. The Morgan fingerprint density at radius 2 is 1.96 bits per heavy atom. The molecule has 0 radical (unpaired) electrons. The number of hydrogen-bond donors (Lipinski definition) is 2. The second kappa shape index (κ2) is 8.15. The van der Waals surface area contributed by atoms with Gasteiger partial charge >= 0.3 is 0 Å². The normalized spacial score (nSPS) is 14.2. The second-order valence-electron chi connectivity index (χ2n) is 6.13. The molecule has 0 unspecified atom stereocenters. The number of nitrogens with zero attached hydrogens (tertiary/aromatic N) is 2. The van der Waals surface area contributed by atoms with Gasteiger partial charge in [0.25, 0.3) is 0 Å². The number of anilines is 3. The molecule has 126 valence electrons. The number of benzene rings is 1. The van der Waals surface area contributed by atoms with Gasteiger partial charge in [-0.15, -0.1) is 0 Å². The summed E-state index contributed by atoms with van der Waals surface area (Å²) in [6.45, 7) is 2.88. The molecule has 0 fully saturated rings. The fraction of sp³-hybridized carbons (Fsp3) is 0.368. The monoisotopic (exact) mass is 342 g/mol. The highest BCUT2D eigenvalue weighted by molar-refractivity contribution is 6.30. The van der Waals surface area contributed by atoms with Gasteiger partial charge in [-0.2, -0.15) is 4.98 Å². The van der Waals surface area contributed by atoms with Crippen LogP contribution in [0.4, 0.5) is 17.5 Å². The lowest BCUT2D eigenvalue weighted by molar-refractivity contribution is 0.679. The zero-order valence-corrected chi connectivity index (χ0v) is 14.7. The van der Waals surface area contributed by atoms with E-state index in [4.69, 9.17) is 11.6 Å². The van der Waals surface area contributed by atoms with Crippen LogP contribution in [0.25, 0.3) is 0 Å². The smallest absolute Gasteiger partial charge is 0.229 e. The minimum Gasteiger partial charge on any atom is -0.370 e. The SMILES string of the molecule is Cc1cc(NCCC2=CCCCC2)nc(Nc2ccc(Cl)cc2)n1. The average Bonchev–Trinajstić information content (AvgIpc) is 2.57. The predicted octanol–water partition coefficient (Wildman–Crippen LogP) is 5.48. The summed E-state index contributed by atoms with van der Waals surface area (Å²) in [6.07, 6.45) is 8.62. The molecule has 2 N–H and O–H groups in total. The van der Waals surface area contributed by atoms with E-state index in [2.05, 4.69) is 26.7 Å². The summed E-state index contributed by atoms with van der Waals surface area (Å²) in [7, 11) is 0. The van der Waals surface area contributed by atoms with Gasteiger partial charge in [0.1, 0.15) is 5.82 Å². The summed E-state index contributed by atoms with van der Waals surface area (Å²) in [4.78, 5) is 8.99. The molecular weight excluding hydrogens is 320 g/mol. The molecule has 0 spiro atoms. The van der Waals surface area contributed by atoms with Crippen molar-refractivity contribution < 1.29 is 0 Å². The maximum Gasteiger partial charge on any atom is 0.229 e. The Morgan fingerprint density at radius 1 is 1.12 bits per heavy atom. The maximum atomic E-state index is 5.91. The lowest BCUT2D eigenvalue weighted by atomic mass is 9.97. The molecule has 0 atom stereocenters. The first kappa shape index (κ1) is 16.8. The molecule has 1 aromatic carbocycles. The molecule has 0 bridgehead atoms. The van der Waals surface area contributed by atoms with E-state index in [1.54, 1.807) is 5.57 Å². The van der Waals surface area contributed by atoms with E-state index in [9.17, 15) is 0 Å². The largest absolute Gasteiger partial charge is 0.370 e. The van der Waals surface area contributed by atoms with E-state index in [0.29, 0.717) is 11.0 Å². The fourth-order valence-corrected chi connectivity index (χ4v) is 2.99. The Bertz CT molecular complexity index is 710. The third-order valence-electron chi connectivity index (χ3n) is 4.09. The number of nitrogens with one attached hydrogen (secondary N) is 2. The van der Waals surface area contributed by atoms with Gasteiger partial charge in [0.15, 0.2) is 0 Å². The summed E-state index contributed by atoms with van der Waals surface area (Å²) in [6, 6.07) is 9.49. The van der Waals surface area contributed by atoms with Crippen molar-refractivity contribution in [3.05, 3.63) is 52.7 Å². The Balaban J connectivity index is 1.60. The first-order valence-electron chi connectivity index (χ1n) is 8.49. The van der Waals surface area contributed by atoms with Gasteiger partial charge < -0.3 is 10.6 Å². The van der Waals surface area contributed by atoms with Crippen LogP contribution in [-0.4, -0.2) is 16.5 Å². The van der Waals surface area contributed by atoms with Crippen LogP contribution in [0.1, 0.15) is 37.8 Å². The highest BCUT2D eigenvalue weighted by Gasteiger charge is 2.05. The zero-order chi connectivity index (χ0) is 16.8. The lowest BCUT2D eigenvalue weighted by Gasteiger charge is -2.14. The zero-order valence-electron chi connectivity index (χ0n) is 14.0. The van der Waals surface area contributed by atoms with Crippen molar-refractivity contribution in [2.75, 3.05) is 17.2 Å². The summed E-state index contributed by atoms with van der Waals surface area (Å²) >= 11 is 5.91. The number of halogens is 1. The van der Waals surface area contributed by atoms with Crippen molar-refractivity contribution in [1.29, 1.82) is 0 Å². The van der Waals surface area contributed by atoms with Gasteiger partial charge in [-0.3, -0.25) is 0 Å². The van der Waals surface area contributed by atoms with Gasteiger partial charge in [-0.1, -0.05) is 23.3 Å². The highest BCUT2D eigenvalue weighted by atomic mass is 35.5. The molecule has 4 nitrogen and oxygen atoms in total. The van der Waals surface area contributed by atoms with Crippen LogP contribution in [0, 0.1) is 6.92 Å². The average molecular weight is 343 g/mol. The van der Waals surface area contributed by atoms with Crippen molar-refractivity contribution >= 4 is 29.1 Å². The Morgan fingerprint density at radius 3 is 2.71 bits per heavy atom. The van der Waals surface area contributed by atoms with Crippen LogP contribution in [-0.2, 0) is 0 Å². The second-order valence-corrected chi connectivity index (χ2v) is 6.57. The van der Waals surface area contributed by atoms with Gasteiger partial charge in [0, 0.05) is 29.0 Å². The first-order chi connectivity index (χ1) is 11.7. The molecular formula is C19H23ClN4. The number of aromatic nitrogens is 2. The summed E-state index contributed by atoms with van der Waals surface area (Å²) < 4.78 is 0. The molecule has 1 aromatic heterocycles. The van der Waals surface area contributed by atoms with E-state index in [0.717, 1.165) is 30.2 Å². The first-order valence-corrected chi connectivity index (χ1v) is 8.87. The minimum atomic E-state index is 0.594. The van der Waals surface area contributed by atoms with Gasteiger partial charge in [0.05, 0.1) is 0 Å². The third kappa shape index (κ3) is 4.96. The third-order valence-corrected chi connectivity index (χ3v) is 4.34. The van der Waals surface area contributed by atoms with Crippen molar-refractivity contribution in [2.24, 2.45) is 0 Å². The number of allylic oxidation sites excluding steroid dienone is 1. The topological polar surface area (TPSA) is 49.8 Å². The number of rotatable bonds is 6. The number of aryl methyl sites for hydroxylation is 1. The van der Waals surface area contributed by atoms with Crippen molar-refractivity contribution in [3.63, 3.8) is 0 Å². The molecule has 1 heterocycles. The van der Waals surface area contributed by atoms with E-state index in [-0.39, 0.29) is 0 Å². The van der Waals surface area contributed by atoms with Crippen LogP contribution in [0.2, 0.25) is 5.02 Å². The van der Waals surface area contributed by atoms with E-state index in [1.807, 2.05) is 37.3 Å². The molecule has 0 saturated heterocycles. The van der Waals surface area contributed by atoms with Gasteiger partial charge in [0.2, 0.25) is 5.95 Å². The summed E-state index contributed by atoms with van der Waals surface area (Å²) in [5.41, 5.74) is 3.42. The minimum absolute atomic E-state index is 0.594. The molecule has 1 aliphatic rings. The van der Waals surface area contributed by atoms with Gasteiger partial charge in [-0.05, 0) is 63.3 Å². The van der Waals surface area contributed by atoms with Crippen LogP contribution < -0.4 is 10.6 Å². The molecule has 0 amide bonds. The quantitative estimate of drug-likeness (QED) is 0.682. The molecule has 0 aliphatic heterocycles. The van der Waals surface area contributed by atoms with Crippen LogP contribution in [0.15, 0.2) is 42.0 Å². The Hall–Kier alpha value is -2.07. The summed E-state index contributed by atoms with van der Waals surface area (Å²) in [5.74, 6) is 1.45. The molecule has 2 aromatic rings. The van der Waals surface area contributed by atoms with Crippen molar-refractivity contribution in [1.82, 2.24) is 9.97 Å². The van der Waals surface area contributed by atoms with Crippen LogP contribution in [0.3, 0.4) is 0 Å². The van der Waals surface area contributed by atoms with Crippen molar-refractivity contribution in [3.8, 4) is 0 Å².